The highest BCUT2D eigenvalue weighted by Gasteiger charge is 2.22. The van der Waals surface area contributed by atoms with Gasteiger partial charge in [-0.3, -0.25) is 4.90 Å². The van der Waals surface area contributed by atoms with Gasteiger partial charge in [0.25, 0.3) is 0 Å². The zero-order chi connectivity index (χ0) is 15.1. The number of hydrogen-bond donors (Lipinski definition) is 0. The molecule has 21 heavy (non-hydrogen) atoms. The van der Waals surface area contributed by atoms with Gasteiger partial charge in [0.05, 0.1) is 6.61 Å². The SMILES string of the molecule is CCCOC[C@H]1CCN(Cc2ccc(OC(F)F)cc2)C1. The topological polar surface area (TPSA) is 21.7 Å². The Morgan fingerprint density at radius 3 is 2.71 bits per heavy atom. The Morgan fingerprint density at radius 2 is 2.05 bits per heavy atom. The quantitative estimate of drug-likeness (QED) is 0.685. The summed E-state index contributed by atoms with van der Waals surface area (Å²) in [6.45, 7) is 3.97. The Kier molecular flexibility index (Phi) is 6.39. The molecule has 0 N–H and O–H groups in total. The van der Waals surface area contributed by atoms with Crippen LogP contribution in [0.3, 0.4) is 0 Å². The van der Waals surface area contributed by atoms with E-state index in [1.54, 1.807) is 12.1 Å². The molecule has 1 atom stereocenters. The highest BCUT2D eigenvalue weighted by atomic mass is 19.3. The van der Waals surface area contributed by atoms with Crippen molar-refractivity contribution in [3.63, 3.8) is 0 Å². The Bertz CT molecular complexity index is 411. The fraction of sp³-hybridized carbons (Fsp3) is 0.625. The molecule has 0 aliphatic carbocycles. The van der Waals surface area contributed by atoms with Gasteiger partial charge in [0.2, 0.25) is 0 Å². The average Bonchev–Trinajstić information content (AvgIpc) is 2.88. The number of rotatable bonds is 8. The summed E-state index contributed by atoms with van der Waals surface area (Å²) >= 11 is 0. The molecule has 3 nitrogen and oxygen atoms in total. The summed E-state index contributed by atoms with van der Waals surface area (Å²) in [7, 11) is 0. The molecular formula is C16H23F2NO2. The number of hydrogen-bond acceptors (Lipinski definition) is 3. The fourth-order valence-electron chi connectivity index (χ4n) is 2.62. The second-order valence-electron chi connectivity index (χ2n) is 5.49. The summed E-state index contributed by atoms with van der Waals surface area (Å²) in [4.78, 5) is 2.38. The Morgan fingerprint density at radius 1 is 1.29 bits per heavy atom. The van der Waals surface area contributed by atoms with Crippen molar-refractivity contribution in [3.8, 4) is 5.75 Å². The standard InChI is InChI=1S/C16H23F2NO2/c1-2-9-20-12-14-7-8-19(11-14)10-13-3-5-15(6-4-13)21-16(17)18/h3-6,14,16H,2,7-12H2,1H3/t14-/m0/s1. The second-order valence-corrected chi connectivity index (χ2v) is 5.49. The third-order valence-electron chi connectivity index (χ3n) is 3.63. The molecule has 0 aromatic heterocycles. The zero-order valence-corrected chi connectivity index (χ0v) is 12.4. The van der Waals surface area contributed by atoms with Crippen LogP contribution in [-0.2, 0) is 11.3 Å². The largest absolute Gasteiger partial charge is 0.435 e. The lowest BCUT2D eigenvalue weighted by molar-refractivity contribution is -0.0498. The molecule has 0 radical (unpaired) electrons. The van der Waals surface area contributed by atoms with Crippen LogP contribution in [-0.4, -0.2) is 37.8 Å². The number of halogens is 2. The van der Waals surface area contributed by atoms with Crippen molar-refractivity contribution in [2.24, 2.45) is 5.92 Å². The predicted molar refractivity (Wildman–Crippen MR) is 77.6 cm³/mol. The molecule has 2 rings (SSSR count). The molecule has 1 saturated heterocycles. The van der Waals surface area contributed by atoms with Crippen LogP contribution in [0.15, 0.2) is 24.3 Å². The van der Waals surface area contributed by atoms with Gasteiger partial charge >= 0.3 is 6.61 Å². The molecule has 118 valence electrons. The maximum absolute atomic E-state index is 12.1. The van der Waals surface area contributed by atoms with Gasteiger partial charge in [0, 0.05) is 19.7 Å². The van der Waals surface area contributed by atoms with Crippen LogP contribution >= 0.6 is 0 Å². The van der Waals surface area contributed by atoms with Crippen LogP contribution in [0.2, 0.25) is 0 Å². The first-order valence-corrected chi connectivity index (χ1v) is 7.51. The number of benzene rings is 1. The minimum atomic E-state index is -2.77. The van der Waals surface area contributed by atoms with Crippen LogP contribution in [0, 0.1) is 5.92 Å². The van der Waals surface area contributed by atoms with E-state index in [-0.39, 0.29) is 5.75 Å². The van der Waals surface area contributed by atoms with Gasteiger partial charge in [-0.25, -0.2) is 0 Å². The number of alkyl halides is 2. The summed E-state index contributed by atoms with van der Waals surface area (Å²) in [6, 6.07) is 6.88. The van der Waals surface area contributed by atoms with E-state index in [1.807, 2.05) is 12.1 Å². The maximum atomic E-state index is 12.1. The van der Waals surface area contributed by atoms with Gasteiger partial charge in [0.1, 0.15) is 5.75 Å². The van der Waals surface area contributed by atoms with Crippen molar-refractivity contribution in [1.29, 1.82) is 0 Å². The summed E-state index contributed by atoms with van der Waals surface area (Å²) in [5, 5.41) is 0. The van der Waals surface area contributed by atoms with Gasteiger partial charge in [0.15, 0.2) is 0 Å². The molecule has 1 heterocycles. The minimum absolute atomic E-state index is 0.209. The van der Waals surface area contributed by atoms with Crippen LogP contribution in [0.4, 0.5) is 8.78 Å². The molecule has 0 amide bonds. The molecule has 0 bridgehead atoms. The second kappa shape index (κ2) is 8.29. The number of ether oxygens (including phenoxy) is 2. The first kappa shape index (κ1) is 16.2. The molecule has 5 heteroatoms. The third-order valence-corrected chi connectivity index (χ3v) is 3.63. The molecule has 1 aromatic carbocycles. The highest BCUT2D eigenvalue weighted by Crippen LogP contribution is 2.21. The summed E-state index contributed by atoms with van der Waals surface area (Å²) in [6.07, 6.45) is 2.22. The van der Waals surface area contributed by atoms with Crippen LogP contribution in [0.1, 0.15) is 25.3 Å². The summed E-state index contributed by atoms with van der Waals surface area (Å²) in [5.74, 6) is 0.819. The third kappa shape index (κ3) is 5.59. The monoisotopic (exact) mass is 299 g/mol. The lowest BCUT2D eigenvalue weighted by Gasteiger charge is -2.16. The van der Waals surface area contributed by atoms with E-state index < -0.39 is 6.61 Å². The van der Waals surface area contributed by atoms with Crippen LogP contribution in [0.25, 0.3) is 0 Å². The van der Waals surface area contributed by atoms with Gasteiger partial charge in [-0.1, -0.05) is 19.1 Å². The van der Waals surface area contributed by atoms with E-state index in [1.165, 1.54) is 0 Å². The molecular weight excluding hydrogens is 276 g/mol. The maximum Gasteiger partial charge on any atom is 0.387 e. The number of nitrogens with zero attached hydrogens (tertiary/aromatic N) is 1. The van der Waals surface area contributed by atoms with E-state index >= 15 is 0 Å². The minimum Gasteiger partial charge on any atom is -0.435 e. The van der Waals surface area contributed by atoms with Crippen molar-refractivity contribution in [1.82, 2.24) is 4.90 Å². The first-order chi connectivity index (χ1) is 10.2. The lowest BCUT2D eigenvalue weighted by atomic mass is 10.1. The Hall–Kier alpha value is -1.20. The molecule has 0 saturated carbocycles. The van der Waals surface area contributed by atoms with E-state index in [0.29, 0.717) is 5.92 Å². The molecule has 1 aromatic rings. The van der Waals surface area contributed by atoms with Crippen molar-refractivity contribution in [3.05, 3.63) is 29.8 Å². The zero-order valence-electron chi connectivity index (χ0n) is 12.4. The van der Waals surface area contributed by atoms with Crippen LogP contribution in [0.5, 0.6) is 5.75 Å². The van der Waals surface area contributed by atoms with E-state index in [2.05, 4.69) is 16.6 Å². The summed E-state index contributed by atoms with van der Waals surface area (Å²) < 4.78 is 34.1. The Labute approximate surface area is 124 Å². The highest BCUT2D eigenvalue weighted by molar-refractivity contribution is 5.27. The normalized spacial score (nSPS) is 19.3. The average molecular weight is 299 g/mol. The fourth-order valence-corrected chi connectivity index (χ4v) is 2.62. The van der Waals surface area contributed by atoms with Crippen molar-refractivity contribution in [2.45, 2.75) is 32.9 Å². The van der Waals surface area contributed by atoms with Crippen molar-refractivity contribution in [2.75, 3.05) is 26.3 Å². The van der Waals surface area contributed by atoms with Gasteiger partial charge < -0.3 is 9.47 Å². The summed E-state index contributed by atoms with van der Waals surface area (Å²) in [5.41, 5.74) is 1.12. The van der Waals surface area contributed by atoms with E-state index in [0.717, 1.165) is 51.3 Å². The van der Waals surface area contributed by atoms with E-state index in [4.69, 9.17) is 4.74 Å². The van der Waals surface area contributed by atoms with Crippen molar-refractivity contribution < 1.29 is 18.3 Å². The van der Waals surface area contributed by atoms with Gasteiger partial charge in [-0.15, -0.1) is 0 Å². The molecule has 1 aliphatic heterocycles. The molecule has 0 unspecified atom stereocenters. The van der Waals surface area contributed by atoms with Gasteiger partial charge in [-0.05, 0) is 43.0 Å². The smallest absolute Gasteiger partial charge is 0.387 e. The molecule has 0 spiro atoms. The first-order valence-electron chi connectivity index (χ1n) is 7.51. The van der Waals surface area contributed by atoms with E-state index in [9.17, 15) is 8.78 Å². The van der Waals surface area contributed by atoms with Gasteiger partial charge in [-0.2, -0.15) is 8.78 Å². The molecule has 1 fully saturated rings. The Balaban J connectivity index is 1.75. The van der Waals surface area contributed by atoms with Crippen LogP contribution < -0.4 is 4.74 Å². The van der Waals surface area contributed by atoms with Crippen molar-refractivity contribution >= 4 is 0 Å². The molecule has 1 aliphatic rings. The predicted octanol–water partition coefficient (Wildman–Crippen LogP) is 3.54. The number of likely N-dealkylation sites (tertiary alicyclic amines) is 1. The lowest BCUT2D eigenvalue weighted by Crippen LogP contribution is -2.21.